The normalized spacial score (nSPS) is 20.9. The van der Waals surface area contributed by atoms with Crippen molar-refractivity contribution in [3.05, 3.63) is 71.9 Å². The molecule has 0 bridgehead atoms. The third kappa shape index (κ3) is 8.38. The average Bonchev–Trinajstić information content (AvgIpc) is 3.49. The molecule has 0 spiro atoms. The smallest absolute Gasteiger partial charge is 0.408 e. The number of carbonyl (C=O) groups excluding carboxylic acids is 1. The van der Waals surface area contributed by atoms with Crippen molar-refractivity contribution in [2.24, 2.45) is 0 Å². The molecular weight excluding hydrogens is 645 g/mol. The molecule has 2 aromatic carbocycles. The Hall–Kier alpha value is -2.44. The van der Waals surface area contributed by atoms with E-state index in [9.17, 15) is 4.79 Å². The average molecular weight is 709 g/mol. The van der Waals surface area contributed by atoms with Crippen LogP contribution in [0.15, 0.2) is 60.8 Å². The number of ether oxygens (including phenoxy) is 3. The zero-order valence-electron chi connectivity index (χ0n) is 32.7. The quantitative estimate of drug-likeness (QED) is 0.190. The van der Waals surface area contributed by atoms with Crippen molar-refractivity contribution in [1.29, 1.82) is 0 Å². The minimum absolute atomic E-state index is 0.0583. The molecule has 4 rings (SSSR count). The van der Waals surface area contributed by atoms with Crippen LogP contribution in [0.3, 0.4) is 0 Å². The molecule has 1 fully saturated rings. The molecule has 3 aromatic rings. The van der Waals surface area contributed by atoms with E-state index in [0.29, 0.717) is 29.8 Å². The van der Waals surface area contributed by atoms with Crippen LogP contribution >= 0.6 is 0 Å². The minimum Gasteiger partial charge on any atom is -0.444 e. The van der Waals surface area contributed by atoms with Gasteiger partial charge in [-0.3, -0.25) is 0 Å². The van der Waals surface area contributed by atoms with E-state index in [0.717, 1.165) is 11.1 Å². The van der Waals surface area contributed by atoms with Crippen LogP contribution in [0.1, 0.15) is 100 Å². The minimum atomic E-state index is -2.33. The molecule has 1 aromatic heterocycles. The number of amides is 1. The summed E-state index contributed by atoms with van der Waals surface area (Å²) in [5.41, 5.74) is 4.37. The van der Waals surface area contributed by atoms with Gasteiger partial charge < -0.3 is 28.2 Å². The molecule has 1 N–H and O–H groups in total. The maximum Gasteiger partial charge on any atom is 0.408 e. The molecule has 1 aliphatic rings. The van der Waals surface area contributed by atoms with Gasteiger partial charge in [-0.1, -0.05) is 111 Å². The number of nitrogens with one attached hydrogen (secondary N) is 1. The maximum atomic E-state index is 13.6. The van der Waals surface area contributed by atoms with Gasteiger partial charge in [-0.2, -0.15) is 0 Å². The summed E-state index contributed by atoms with van der Waals surface area (Å²) >= 11 is 0. The number of fused-ring (bicyclic) bond motifs is 1. The Bertz CT molecular complexity index is 1520. The topological polar surface area (TPSA) is 71.0 Å². The Morgan fingerprint density at radius 1 is 0.878 bits per heavy atom. The van der Waals surface area contributed by atoms with Gasteiger partial charge in [0.25, 0.3) is 0 Å². The molecule has 4 atom stereocenters. The highest BCUT2D eigenvalue weighted by atomic mass is 28.4. The Morgan fingerprint density at radius 3 is 2.00 bits per heavy atom. The van der Waals surface area contributed by atoms with Gasteiger partial charge in [-0.25, -0.2) is 4.79 Å². The molecule has 0 unspecified atom stereocenters. The van der Waals surface area contributed by atoms with E-state index in [-0.39, 0.29) is 17.1 Å². The number of benzene rings is 2. The lowest BCUT2D eigenvalue weighted by Crippen LogP contribution is -2.52. The highest BCUT2D eigenvalue weighted by molar-refractivity contribution is 6.82. The number of hydrogen-bond donors (Lipinski definition) is 1. The lowest BCUT2D eigenvalue weighted by molar-refractivity contribution is -0.109. The maximum absolute atomic E-state index is 13.6. The fourth-order valence-corrected chi connectivity index (χ4v) is 15.7. The highest BCUT2D eigenvalue weighted by Crippen LogP contribution is 2.48. The number of para-hydroxylation sites is 1. The molecule has 0 saturated carbocycles. The van der Waals surface area contributed by atoms with E-state index in [1.807, 2.05) is 39.0 Å². The first-order chi connectivity index (χ1) is 22.7. The summed E-state index contributed by atoms with van der Waals surface area (Å²) in [6.07, 6.45) is 0.895. The van der Waals surface area contributed by atoms with Crippen molar-refractivity contribution in [3.8, 4) is 0 Å². The van der Waals surface area contributed by atoms with E-state index in [1.165, 1.54) is 10.9 Å². The number of hydrogen-bond acceptors (Lipinski definition) is 5. The zero-order chi connectivity index (χ0) is 36.5. The highest BCUT2D eigenvalue weighted by Gasteiger charge is 2.53. The Balaban J connectivity index is 1.91. The van der Waals surface area contributed by atoms with Crippen molar-refractivity contribution in [3.63, 3.8) is 0 Å². The first kappa shape index (κ1) is 39.4. The Kier molecular flexibility index (Phi) is 12.1. The largest absolute Gasteiger partial charge is 0.444 e. The second-order valence-corrected chi connectivity index (χ2v) is 27.9. The van der Waals surface area contributed by atoms with Gasteiger partial charge in [0.1, 0.15) is 5.60 Å². The SMILES string of the molecule is CC(C)[Si](C(C)C)(C(C)C)n1cc([C@H]2[C@H](NC(=O)OC(C)(C)C)[C@H](O[Si](C)(C)C(C)(C)C)O[C@@H]2COCc2ccccc2)c2ccccc21. The van der Waals surface area contributed by atoms with Crippen LogP contribution < -0.4 is 5.32 Å². The lowest BCUT2D eigenvalue weighted by Gasteiger charge is -2.44. The van der Waals surface area contributed by atoms with Crippen molar-refractivity contribution in [2.45, 2.75) is 154 Å². The van der Waals surface area contributed by atoms with Crippen molar-refractivity contribution in [2.75, 3.05) is 6.61 Å². The molecule has 0 radical (unpaired) electrons. The van der Waals surface area contributed by atoms with Crippen molar-refractivity contribution in [1.82, 2.24) is 9.55 Å². The van der Waals surface area contributed by atoms with Crippen LogP contribution in [-0.4, -0.2) is 57.5 Å². The van der Waals surface area contributed by atoms with E-state index >= 15 is 0 Å². The summed E-state index contributed by atoms with van der Waals surface area (Å²) in [4.78, 5) is 13.6. The molecule has 0 aliphatic carbocycles. The number of alkyl carbamates (subject to hydrolysis) is 1. The summed E-state index contributed by atoms with van der Waals surface area (Å²) < 4.78 is 29.0. The summed E-state index contributed by atoms with van der Waals surface area (Å²) in [6.45, 7) is 32.0. The molecule has 1 amide bonds. The van der Waals surface area contributed by atoms with Crippen LogP contribution in [0.2, 0.25) is 34.8 Å². The zero-order valence-corrected chi connectivity index (χ0v) is 34.7. The van der Waals surface area contributed by atoms with Crippen LogP contribution in [0, 0.1) is 0 Å². The van der Waals surface area contributed by atoms with Crippen LogP contribution in [0.4, 0.5) is 4.79 Å². The molecular formula is C40H64N2O5Si2. The molecule has 1 aliphatic heterocycles. The molecule has 2 heterocycles. The second kappa shape index (κ2) is 15.0. The van der Waals surface area contributed by atoms with Crippen molar-refractivity contribution >= 4 is 33.5 Å². The van der Waals surface area contributed by atoms with Gasteiger partial charge in [0.2, 0.25) is 0 Å². The number of aromatic nitrogens is 1. The van der Waals surface area contributed by atoms with Gasteiger partial charge in [0, 0.05) is 16.8 Å². The van der Waals surface area contributed by atoms with E-state index in [4.69, 9.17) is 18.6 Å². The van der Waals surface area contributed by atoms with Gasteiger partial charge in [0.05, 0.1) is 25.4 Å². The van der Waals surface area contributed by atoms with Gasteiger partial charge in [0.15, 0.2) is 22.8 Å². The molecule has 9 heteroatoms. The number of nitrogens with zero attached hydrogens (tertiary/aromatic N) is 1. The number of rotatable bonds is 12. The van der Waals surface area contributed by atoms with Crippen LogP contribution in [0.5, 0.6) is 0 Å². The summed E-state index contributed by atoms with van der Waals surface area (Å²) in [5.74, 6) is -0.248. The van der Waals surface area contributed by atoms with Crippen LogP contribution in [0.25, 0.3) is 10.9 Å². The number of carbonyl (C=O) groups is 1. The summed E-state index contributed by atoms with van der Waals surface area (Å²) in [6, 6.07) is 18.5. The monoisotopic (exact) mass is 708 g/mol. The molecule has 1 saturated heterocycles. The van der Waals surface area contributed by atoms with E-state index < -0.39 is 40.6 Å². The van der Waals surface area contributed by atoms with Gasteiger partial charge in [-0.05, 0) is 78.9 Å². The predicted molar refractivity (Wildman–Crippen MR) is 207 cm³/mol. The summed E-state index contributed by atoms with van der Waals surface area (Å²) in [5, 5.41) is 4.41. The standard InChI is InChI=1S/C40H64N2O5Si2/c1-27(2)49(28(3)4,29(5)6)42-24-32(31-22-18-19-23-33(31)42)35-34(26-44-25-30-20-16-15-17-21-30)45-37(47-48(13,14)40(10,11)12)36(35)41-38(43)46-39(7,8)9/h15-24,27-29,34-37H,25-26H2,1-14H3,(H,41,43)/t34-,35-,36+,37+/m1/s1. The first-order valence-corrected chi connectivity index (χ1v) is 23.3. The van der Waals surface area contributed by atoms with E-state index in [1.54, 1.807) is 0 Å². The fraction of sp³-hybridized carbons (Fsp3) is 0.625. The predicted octanol–water partition coefficient (Wildman–Crippen LogP) is 10.6. The molecule has 49 heavy (non-hydrogen) atoms. The first-order valence-electron chi connectivity index (χ1n) is 18.3. The van der Waals surface area contributed by atoms with Crippen LogP contribution in [-0.2, 0) is 25.2 Å². The lowest BCUT2D eigenvalue weighted by atomic mass is 9.88. The summed E-state index contributed by atoms with van der Waals surface area (Å²) in [7, 11) is -4.48. The Labute approximate surface area is 298 Å². The second-order valence-electron chi connectivity index (χ2n) is 17.4. The van der Waals surface area contributed by atoms with Gasteiger partial charge in [-0.15, -0.1) is 0 Å². The van der Waals surface area contributed by atoms with E-state index in [2.05, 4.69) is 128 Å². The molecule has 272 valence electrons. The third-order valence-electron chi connectivity index (χ3n) is 11.0. The van der Waals surface area contributed by atoms with Gasteiger partial charge >= 0.3 is 6.09 Å². The third-order valence-corrected chi connectivity index (χ3v) is 22.2. The fourth-order valence-electron chi connectivity index (χ4n) is 7.94. The Morgan fingerprint density at radius 2 is 1.45 bits per heavy atom. The van der Waals surface area contributed by atoms with Crippen molar-refractivity contribution < 1.29 is 23.4 Å². The molecule has 7 nitrogen and oxygen atoms in total.